The van der Waals surface area contributed by atoms with E-state index in [2.05, 4.69) is 13.8 Å². The zero-order valence-corrected chi connectivity index (χ0v) is 9.18. The van der Waals surface area contributed by atoms with Crippen molar-refractivity contribution in [2.24, 2.45) is 11.7 Å². The molecule has 0 amide bonds. The molecule has 0 saturated heterocycles. The Morgan fingerprint density at radius 3 is 2.64 bits per heavy atom. The first-order valence-corrected chi connectivity index (χ1v) is 5.14. The van der Waals surface area contributed by atoms with Crippen molar-refractivity contribution >= 4 is 11.6 Å². The Morgan fingerprint density at radius 2 is 2.14 bits per heavy atom. The fourth-order valence-corrected chi connectivity index (χ4v) is 1.63. The molecule has 0 spiro atoms. The maximum Gasteiger partial charge on any atom is 0.124 e. The molecule has 0 fully saturated rings. The number of hydrogen-bond acceptors (Lipinski definition) is 1. The third-order valence-electron chi connectivity index (χ3n) is 2.58. The van der Waals surface area contributed by atoms with E-state index in [0.717, 1.165) is 12.0 Å². The summed E-state index contributed by atoms with van der Waals surface area (Å²) in [5.41, 5.74) is 6.81. The molecule has 2 atom stereocenters. The second-order valence-electron chi connectivity index (χ2n) is 3.58. The Kier molecular flexibility index (Phi) is 3.90. The van der Waals surface area contributed by atoms with Crippen LogP contribution in [0.15, 0.2) is 18.2 Å². The Labute approximate surface area is 89.1 Å². The largest absolute Gasteiger partial charge is 0.324 e. The standard InChI is InChI=1S/C11H15ClFN/c1-3-7(2)11(14)9-5-4-8(13)6-10(9)12/h4-7,11H,3,14H2,1-2H3. The molecule has 0 radical (unpaired) electrons. The van der Waals surface area contributed by atoms with E-state index in [0.29, 0.717) is 10.9 Å². The minimum atomic E-state index is -0.324. The van der Waals surface area contributed by atoms with Crippen LogP contribution in [0.4, 0.5) is 4.39 Å². The summed E-state index contributed by atoms with van der Waals surface area (Å²) in [4.78, 5) is 0. The smallest absolute Gasteiger partial charge is 0.124 e. The van der Waals surface area contributed by atoms with Gasteiger partial charge < -0.3 is 5.73 Å². The maximum atomic E-state index is 12.8. The van der Waals surface area contributed by atoms with Gasteiger partial charge in [0.25, 0.3) is 0 Å². The lowest BCUT2D eigenvalue weighted by Crippen LogP contribution is -2.18. The fraction of sp³-hybridized carbons (Fsp3) is 0.455. The molecule has 0 bridgehead atoms. The quantitative estimate of drug-likeness (QED) is 0.820. The molecule has 2 N–H and O–H groups in total. The number of halogens is 2. The molecule has 0 aliphatic rings. The third-order valence-corrected chi connectivity index (χ3v) is 2.91. The van der Waals surface area contributed by atoms with Gasteiger partial charge in [0.15, 0.2) is 0 Å². The number of benzene rings is 1. The lowest BCUT2D eigenvalue weighted by Gasteiger charge is -2.19. The van der Waals surface area contributed by atoms with Gasteiger partial charge in [0.2, 0.25) is 0 Å². The van der Waals surface area contributed by atoms with E-state index in [1.165, 1.54) is 12.1 Å². The minimum Gasteiger partial charge on any atom is -0.324 e. The fourth-order valence-electron chi connectivity index (χ4n) is 1.33. The van der Waals surface area contributed by atoms with Crippen LogP contribution >= 0.6 is 11.6 Å². The van der Waals surface area contributed by atoms with E-state index < -0.39 is 0 Å². The van der Waals surface area contributed by atoms with Crippen molar-refractivity contribution in [2.45, 2.75) is 26.3 Å². The summed E-state index contributed by atoms with van der Waals surface area (Å²) in [6.07, 6.45) is 0.981. The summed E-state index contributed by atoms with van der Waals surface area (Å²) < 4.78 is 12.8. The van der Waals surface area contributed by atoms with Crippen LogP contribution in [-0.4, -0.2) is 0 Å². The average Bonchev–Trinajstić information content (AvgIpc) is 2.15. The molecule has 0 heterocycles. The Bertz CT molecular complexity index is 314. The highest BCUT2D eigenvalue weighted by Gasteiger charge is 2.16. The topological polar surface area (TPSA) is 26.0 Å². The van der Waals surface area contributed by atoms with Crippen LogP contribution in [0.5, 0.6) is 0 Å². The molecular formula is C11H15ClFN. The Morgan fingerprint density at radius 1 is 1.50 bits per heavy atom. The van der Waals surface area contributed by atoms with Gasteiger partial charge in [-0.25, -0.2) is 4.39 Å². The number of rotatable bonds is 3. The molecule has 1 rings (SSSR count). The van der Waals surface area contributed by atoms with E-state index in [4.69, 9.17) is 17.3 Å². The van der Waals surface area contributed by atoms with Gasteiger partial charge in [0.1, 0.15) is 5.82 Å². The van der Waals surface area contributed by atoms with Gasteiger partial charge in [-0.15, -0.1) is 0 Å². The van der Waals surface area contributed by atoms with E-state index in [-0.39, 0.29) is 11.9 Å². The van der Waals surface area contributed by atoms with Crippen molar-refractivity contribution < 1.29 is 4.39 Å². The first-order chi connectivity index (χ1) is 6.56. The number of nitrogens with two attached hydrogens (primary N) is 1. The third kappa shape index (κ3) is 2.46. The first-order valence-electron chi connectivity index (χ1n) is 4.76. The van der Waals surface area contributed by atoms with Crippen molar-refractivity contribution in [2.75, 3.05) is 0 Å². The van der Waals surface area contributed by atoms with Gasteiger partial charge >= 0.3 is 0 Å². The summed E-state index contributed by atoms with van der Waals surface area (Å²) in [6.45, 7) is 4.13. The maximum absolute atomic E-state index is 12.8. The van der Waals surface area contributed by atoms with Crippen LogP contribution in [0, 0.1) is 11.7 Å². The molecule has 0 aliphatic carbocycles. The Balaban J connectivity index is 2.95. The monoisotopic (exact) mass is 215 g/mol. The molecule has 0 saturated carbocycles. The molecule has 1 aromatic carbocycles. The van der Waals surface area contributed by atoms with Crippen LogP contribution < -0.4 is 5.73 Å². The highest BCUT2D eigenvalue weighted by molar-refractivity contribution is 6.31. The van der Waals surface area contributed by atoms with Crippen molar-refractivity contribution in [3.8, 4) is 0 Å². The molecule has 0 aromatic heterocycles. The predicted molar refractivity (Wildman–Crippen MR) is 57.8 cm³/mol. The summed E-state index contributed by atoms with van der Waals surface area (Å²) >= 11 is 5.91. The van der Waals surface area contributed by atoms with Crippen LogP contribution in [0.25, 0.3) is 0 Å². The van der Waals surface area contributed by atoms with Crippen LogP contribution in [-0.2, 0) is 0 Å². The molecular weight excluding hydrogens is 201 g/mol. The van der Waals surface area contributed by atoms with Crippen LogP contribution in [0.3, 0.4) is 0 Å². The molecule has 78 valence electrons. The number of hydrogen-bond donors (Lipinski definition) is 1. The average molecular weight is 216 g/mol. The van der Waals surface area contributed by atoms with E-state index in [9.17, 15) is 4.39 Å². The van der Waals surface area contributed by atoms with E-state index in [1.807, 2.05) is 0 Å². The SMILES string of the molecule is CCC(C)C(N)c1ccc(F)cc1Cl. The van der Waals surface area contributed by atoms with Crippen molar-refractivity contribution in [1.29, 1.82) is 0 Å². The second-order valence-corrected chi connectivity index (χ2v) is 3.98. The van der Waals surface area contributed by atoms with Gasteiger partial charge in [-0.05, 0) is 23.6 Å². The van der Waals surface area contributed by atoms with Gasteiger partial charge in [0, 0.05) is 11.1 Å². The molecule has 0 aliphatic heterocycles. The van der Waals surface area contributed by atoms with E-state index in [1.54, 1.807) is 6.07 Å². The second kappa shape index (κ2) is 4.76. The summed E-state index contributed by atoms with van der Waals surface area (Å²) in [5, 5.41) is 0.415. The minimum absolute atomic E-state index is 0.118. The van der Waals surface area contributed by atoms with Crippen LogP contribution in [0.1, 0.15) is 31.9 Å². The van der Waals surface area contributed by atoms with Gasteiger partial charge in [-0.2, -0.15) is 0 Å². The molecule has 14 heavy (non-hydrogen) atoms. The van der Waals surface area contributed by atoms with Gasteiger partial charge in [-0.1, -0.05) is 37.9 Å². The molecule has 1 nitrogen and oxygen atoms in total. The van der Waals surface area contributed by atoms with E-state index >= 15 is 0 Å². The van der Waals surface area contributed by atoms with Crippen molar-refractivity contribution in [3.05, 3.63) is 34.6 Å². The van der Waals surface area contributed by atoms with Crippen molar-refractivity contribution in [3.63, 3.8) is 0 Å². The molecule has 2 unspecified atom stereocenters. The summed E-state index contributed by atoms with van der Waals surface area (Å²) in [5.74, 6) is 0.0214. The van der Waals surface area contributed by atoms with Crippen molar-refractivity contribution in [1.82, 2.24) is 0 Å². The first kappa shape index (κ1) is 11.5. The van der Waals surface area contributed by atoms with Gasteiger partial charge in [0.05, 0.1) is 0 Å². The summed E-state index contributed by atoms with van der Waals surface area (Å²) in [6, 6.07) is 4.24. The zero-order chi connectivity index (χ0) is 10.7. The lowest BCUT2D eigenvalue weighted by atomic mass is 9.93. The normalized spacial score (nSPS) is 15.2. The molecule has 3 heteroatoms. The predicted octanol–water partition coefficient (Wildman–Crippen LogP) is 3.53. The summed E-state index contributed by atoms with van der Waals surface area (Å²) in [7, 11) is 0. The lowest BCUT2D eigenvalue weighted by molar-refractivity contribution is 0.456. The molecule has 1 aromatic rings. The highest BCUT2D eigenvalue weighted by Crippen LogP contribution is 2.28. The highest BCUT2D eigenvalue weighted by atomic mass is 35.5. The zero-order valence-electron chi connectivity index (χ0n) is 8.43. The van der Waals surface area contributed by atoms with Gasteiger partial charge in [-0.3, -0.25) is 0 Å². The van der Waals surface area contributed by atoms with Crippen LogP contribution in [0.2, 0.25) is 5.02 Å². The Hall–Kier alpha value is -0.600.